The lowest BCUT2D eigenvalue weighted by Crippen LogP contribution is -2.43. The van der Waals surface area contributed by atoms with Crippen LogP contribution >= 0.6 is 0 Å². The number of hydrogen-bond acceptors (Lipinski definition) is 5. The van der Waals surface area contributed by atoms with Crippen molar-refractivity contribution in [3.63, 3.8) is 0 Å². The van der Waals surface area contributed by atoms with Gasteiger partial charge in [-0.25, -0.2) is 9.59 Å². The smallest absolute Gasteiger partial charge is 0.333 e. The SMILES string of the molecule is C=CC(=O)OC(CO)(CCCCCC(C)C)OC(=O)C=C. The van der Waals surface area contributed by atoms with E-state index in [1.807, 2.05) is 0 Å². The number of rotatable bonds is 11. The summed E-state index contributed by atoms with van der Waals surface area (Å²) in [6.07, 6.45) is 5.87. The van der Waals surface area contributed by atoms with E-state index < -0.39 is 24.3 Å². The predicted molar refractivity (Wildman–Crippen MR) is 80.3 cm³/mol. The van der Waals surface area contributed by atoms with Gasteiger partial charge >= 0.3 is 11.9 Å². The fourth-order valence-corrected chi connectivity index (χ4v) is 1.84. The number of carbonyl (C=O) groups excluding carboxylic acids is 2. The summed E-state index contributed by atoms with van der Waals surface area (Å²) in [5.74, 6) is -2.52. The van der Waals surface area contributed by atoms with Crippen molar-refractivity contribution < 1.29 is 24.2 Å². The van der Waals surface area contributed by atoms with Crippen LogP contribution in [-0.2, 0) is 19.1 Å². The highest BCUT2D eigenvalue weighted by Crippen LogP contribution is 2.23. The average molecular weight is 298 g/mol. The molecule has 0 saturated heterocycles. The normalized spacial score (nSPS) is 11.0. The van der Waals surface area contributed by atoms with Crippen LogP contribution in [0.1, 0.15) is 46.0 Å². The molecule has 0 fully saturated rings. The van der Waals surface area contributed by atoms with Gasteiger partial charge in [0.05, 0.1) is 0 Å². The molecule has 0 atom stereocenters. The number of unbranched alkanes of at least 4 members (excludes halogenated alkanes) is 2. The second-order valence-electron chi connectivity index (χ2n) is 5.31. The van der Waals surface area contributed by atoms with Gasteiger partial charge in [0.2, 0.25) is 0 Å². The van der Waals surface area contributed by atoms with Crippen molar-refractivity contribution in [2.75, 3.05) is 6.61 Å². The Bertz CT molecular complexity index is 338. The molecule has 0 aromatic heterocycles. The quantitative estimate of drug-likeness (QED) is 0.275. The van der Waals surface area contributed by atoms with Gasteiger partial charge in [0.1, 0.15) is 6.61 Å². The minimum absolute atomic E-state index is 0.237. The average Bonchev–Trinajstić information content (AvgIpc) is 2.45. The number of hydrogen-bond donors (Lipinski definition) is 1. The first-order valence-corrected chi connectivity index (χ1v) is 7.20. The Balaban J connectivity index is 4.61. The Morgan fingerprint density at radius 1 is 1.10 bits per heavy atom. The summed E-state index contributed by atoms with van der Waals surface area (Å²) in [5, 5.41) is 9.49. The van der Waals surface area contributed by atoms with E-state index in [9.17, 15) is 14.7 Å². The lowest BCUT2D eigenvalue weighted by molar-refractivity contribution is -0.237. The molecule has 0 aliphatic heterocycles. The third-order valence-corrected chi connectivity index (χ3v) is 2.99. The van der Waals surface area contributed by atoms with Crippen LogP contribution < -0.4 is 0 Å². The van der Waals surface area contributed by atoms with Crippen molar-refractivity contribution in [2.24, 2.45) is 5.92 Å². The molecule has 0 aromatic rings. The molecule has 0 aliphatic carbocycles. The van der Waals surface area contributed by atoms with Crippen molar-refractivity contribution in [2.45, 2.75) is 51.7 Å². The number of aliphatic hydroxyl groups excluding tert-OH is 1. The van der Waals surface area contributed by atoms with Crippen molar-refractivity contribution in [1.82, 2.24) is 0 Å². The fourth-order valence-electron chi connectivity index (χ4n) is 1.84. The van der Waals surface area contributed by atoms with Gasteiger partial charge in [-0.3, -0.25) is 0 Å². The summed E-state index contributed by atoms with van der Waals surface area (Å²) in [6, 6.07) is 0. The molecule has 0 heterocycles. The van der Waals surface area contributed by atoms with E-state index in [2.05, 4.69) is 27.0 Å². The zero-order valence-electron chi connectivity index (χ0n) is 13.0. The van der Waals surface area contributed by atoms with E-state index >= 15 is 0 Å². The molecule has 0 unspecified atom stereocenters. The third-order valence-electron chi connectivity index (χ3n) is 2.99. The molecule has 0 aliphatic rings. The van der Waals surface area contributed by atoms with Gasteiger partial charge in [-0.1, -0.05) is 46.3 Å². The number of aliphatic hydroxyl groups is 1. The monoisotopic (exact) mass is 298 g/mol. The van der Waals surface area contributed by atoms with Crippen LogP contribution in [-0.4, -0.2) is 29.4 Å². The maximum absolute atomic E-state index is 11.4. The first-order chi connectivity index (χ1) is 9.89. The molecule has 21 heavy (non-hydrogen) atoms. The van der Waals surface area contributed by atoms with Gasteiger partial charge in [-0.15, -0.1) is 0 Å². The van der Waals surface area contributed by atoms with Crippen molar-refractivity contribution in [1.29, 1.82) is 0 Å². The summed E-state index contributed by atoms with van der Waals surface area (Å²) in [4.78, 5) is 22.7. The van der Waals surface area contributed by atoms with Gasteiger partial charge in [0.25, 0.3) is 5.79 Å². The molecule has 0 bridgehead atoms. The molecule has 5 heteroatoms. The molecular formula is C16H26O5. The zero-order valence-corrected chi connectivity index (χ0v) is 13.0. The van der Waals surface area contributed by atoms with Gasteiger partial charge in [-0.2, -0.15) is 0 Å². The van der Waals surface area contributed by atoms with Crippen molar-refractivity contribution >= 4 is 11.9 Å². The molecule has 0 aromatic carbocycles. The molecule has 5 nitrogen and oxygen atoms in total. The summed E-state index contributed by atoms with van der Waals surface area (Å²) >= 11 is 0. The summed E-state index contributed by atoms with van der Waals surface area (Å²) in [7, 11) is 0. The maximum atomic E-state index is 11.4. The Labute approximate surface area is 126 Å². The molecule has 0 spiro atoms. The lowest BCUT2D eigenvalue weighted by Gasteiger charge is -2.30. The van der Waals surface area contributed by atoms with E-state index in [-0.39, 0.29) is 6.42 Å². The Morgan fingerprint density at radius 3 is 2.00 bits per heavy atom. The van der Waals surface area contributed by atoms with Crippen LogP contribution in [0.4, 0.5) is 0 Å². The second-order valence-corrected chi connectivity index (χ2v) is 5.31. The van der Waals surface area contributed by atoms with Gasteiger partial charge < -0.3 is 14.6 Å². The molecule has 0 radical (unpaired) electrons. The summed E-state index contributed by atoms with van der Waals surface area (Å²) < 4.78 is 10.1. The maximum Gasteiger partial charge on any atom is 0.333 e. The highest BCUT2D eigenvalue weighted by Gasteiger charge is 2.36. The number of carbonyl (C=O) groups is 2. The second kappa shape index (κ2) is 10.2. The molecule has 1 N–H and O–H groups in total. The van der Waals surface area contributed by atoms with E-state index in [0.29, 0.717) is 12.3 Å². The predicted octanol–water partition coefficient (Wildman–Crippen LogP) is 2.74. The molecule has 0 rings (SSSR count). The van der Waals surface area contributed by atoms with Crippen molar-refractivity contribution in [3.8, 4) is 0 Å². The van der Waals surface area contributed by atoms with E-state index in [4.69, 9.17) is 9.47 Å². The van der Waals surface area contributed by atoms with Crippen LogP contribution in [0.25, 0.3) is 0 Å². The molecule has 0 saturated carbocycles. The zero-order chi connectivity index (χ0) is 16.3. The summed E-state index contributed by atoms with van der Waals surface area (Å²) in [5.41, 5.74) is 0. The third kappa shape index (κ3) is 8.30. The van der Waals surface area contributed by atoms with Crippen LogP contribution in [0.3, 0.4) is 0 Å². The van der Waals surface area contributed by atoms with E-state index in [0.717, 1.165) is 31.4 Å². The summed E-state index contributed by atoms with van der Waals surface area (Å²) in [6.45, 7) is 10.3. The van der Waals surface area contributed by atoms with Crippen molar-refractivity contribution in [3.05, 3.63) is 25.3 Å². The standard InChI is InChI=1S/C16H26O5/c1-5-14(18)20-16(12-17,21-15(19)6-2)11-9-7-8-10-13(3)4/h5-6,13,17H,1-2,7-12H2,3-4H3. The Kier molecular flexibility index (Phi) is 9.37. The van der Waals surface area contributed by atoms with Gasteiger partial charge in [-0.05, 0) is 12.3 Å². The highest BCUT2D eigenvalue weighted by molar-refractivity contribution is 5.83. The van der Waals surface area contributed by atoms with E-state index in [1.54, 1.807) is 0 Å². The Hall–Kier alpha value is -1.62. The van der Waals surface area contributed by atoms with Crippen LogP contribution in [0.2, 0.25) is 0 Å². The first-order valence-electron chi connectivity index (χ1n) is 7.20. The number of esters is 2. The largest absolute Gasteiger partial charge is 0.417 e. The van der Waals surface area contributed by atoms with E-state index in [1.165, 1.54) is 0 Å². The first kappa shape index (κ1) is 19.4. The van der Waals surface area contributed by atoms with Crippen LogP contribution in [0.5, 0.6) is 0 Å². The Morgan fingerprint density at radius 2 is 1.62 bits per heavy atom. The fraction of sp³-hybridized carbons (Fsp3) is 0.625. The van der Waals surface area contributed by atoms with Gasteiger partial charge in [0.15, 0.2) is 0 Å². The highest BCUT2D eigenvalue weighted by atomic mass is 16.7. The lowest BCUT2D eigenvalue weighted by atomic mass is 10.0. The molecular weight excluding hydrogens is 272 g/mol. The van der Waals surface area contributed by atoms with Crippen LogP contribution in [0.15, 0.2) is 25.3 Å². The molecule has 0 amide bonds. The van der Waals surface area contributed by atoms with Gasteiger partial charge in [0, 0.05) is 18.6 Å². The number of ether oxygens (including phenoxy) is 2. The van der Waals surface area contributed by atoms with Crippen LogP contribution in [0, 0.1) is 5.92 Å². The molecule has 120 valence electrons. The topological polar surface area (TPSA) is 72.8 Å². The minimum Gasteiger partial charge on any atom is -0.417 e. The minimum atomic E-state index is -1.66.